The zero-order valence-electron chi connectivity index (χ0n) is 18.4. The molecule has 4 rings (SSSR count). The second-order valence-corrected chi connectivity index (χ2v) is 8.81. The van der Waals surface area contributed by atoms with Gasteiger partial charge >= 0.3 is 0 Å². The molecule has 0 saturated carbocycles. The van der Waals surface area contributed by atoms with Crippen LogP contribution in [-0.2, 0) is 0 Å². The summed E-state index contributed by atoms with van der Waals surface area (Å²) in [5.41, 5.74) is 3.21. The molecule has 1 amide bonds. The molecule has 4 heteroatoms. The van der Waals surface area contributed by atoms with Crippen LogP contribution in [0.2, 0.25) is 0 Å². The Labute approximate surface area is 181 Å². The number of amides is 1. The summed E-state index contributed by atoms with van der Waals surface area (Å²) in [5.74, 6) is 0.149. The summed E-state index contributed by atoms with van der Waals surface area (Å²) in [6.45, 7) is 5.90. The number of anilines is 2. The van der Waals surface area contributed by atoms with Crippen molar-refractivity contribution in [1.82, 2.24) is 10.2 Å². The molecule has 30 heavy (non-hydrogen) atoms. The van der Waals surface area contributed by atoms with Gasteiger partial charge in [0.05, 0.1) is 0 Å². The van der Waals surface area contributed by atoms with Crippen molar-refractivity contribution in [2.75, 3.05) is 18.0 Å². The molecule has 1 N–H and O–H groups in total. The quantitative estimate of drug-likeness (QED) is 0.641. The number of carbonyl (C=O) groups excluding carboxylic acids is 1. The predicted molar refractivity (Wildman–Crippen MR) is 124 cm³/mol. The number of piperidine rings is 1. The molecular formula is C26H35N3O. The number of hydrogen-bond acceptors (Lipinski definition) is 3. The molecule has 1 unspecified atom stereocenters. The molecular weight excluding hydrogens is 370 g/mol. The van der Waals surface area contributed by atoms with Gasteiger partial charge in [-0.15, -0.1) is 0 Å². The second kappa shape index (κ2) is 9.65. The van der Waals surface area contributed by atoms with E-state index >= 15 is 0 Å². The maximum Gasteiger partial charge on any atom is 0.253 e. The summed E-state index contributed by atoms with van der Waals surface area (Å²) in [4.78, 5) is 17.5. The van der Waals surface area contributed by atoms with Gasteiger partial charge in [-0.25, -0.2) is 0 Å². The maximum absolute atomic E-state index is 13.0. The summed E-state index contributed by atoms with van der Waals surface area (Å²) in [7, 11) is 0. The highest BCUT2D eigenvalue weighted by Crippen LogP contribution is 2.37. The third kappa shape index (κ3) is 4.54. The van der Waals surface area contributed by atoms with E-state index < -0.39 is 0 Å². The molecule has 2 heterocycles. The standard InChI is InChI=1S/C26H35N3O/c1-3-16-28(17-4-2)26(30)20-10-14-24(15-11-20)29(23-8-6-5-7-9-23)25-18-21-12-13-22(19-25)27-21/h5-11,14-15,21-22,25,27H,3-4,12-13,16-19H2,1-2H3/t21-,22+,25?. The minimum atomic E-state index is 0.149. The van der Waals surface area contributed by atoms with Gasteiger partial charge in [-0.2, -0.15) is 0 Å². The van der Waals surface area contributed by atoms with E-state index in [1.54, 1.807) is 0 Å². The average Bonchev–Trinajstić information content (AvgIpc) is 3.12. The van der Waals surface area contributed by atoms with Crippen molar-refractivity contribution >= 4 is 17.3 Å². The molecule has 0 radical (unpaired) electrons. The summed E-state index contributed by atoms with van der Waals surface area (Å²) in [6, 6.07) is 20.8. The van der Waals surface area contributed by atoms with Crippen LogP contribution >= 0.6 is 0 Å². The Hall–Kier alpha value is -2.33. The fraction of sp³-hybridized carbons (Fsp3) is 0.500. The zero-order valence-corrected chi connectivity index (χ0v) is 18.4. The van der Waals surface area contributed by atoms with Gasteiger partial charge in [-0.1, -0.05) is 32.0 Å². The lowest BCUT2D eigenvalue weighted by Crippen LogP contribution is -2.46. The van der Waals surface area contributed by atoms with Crippen molar-refractivity contribution in [3.63, 3.8) is 0 Å². The first-order valence-corrected chi connectivity index (χ1v) is 11.7. The molecule has 0 spiro atoms. The topological polar surface area (TPSA) is 35.6 Å². The van der Waals surface area contributed by atoms with Gasteiger partial charge < -0.3 is 15.1 Å². The highest BCUT2D eigenvalue weighted by atomic mass is 16.2. The Balaban J connectivity index is 1.59. The number of para-hydroxylation sites is 1. The maximum atomic E-state index is 13.0. The largest absolute Gasteiger partial charge is 0.339 e. The monoisotopic (exact) mass is 405 g/mol. The molecule has 0 aliphatic carbocycles. The molecule has 4 nitrogen and oxygen atoms in total. The van der Waals surface area contributed by atoms with E-state index in [0.29, 0.717) is 18.1 Å². The Morgan fingerprint density at radius 2 is 1.43 bits per heavy atom. The lowest BCUT2D eigenvalue weighted by Gasteiger charge is -2.39. The van der Waals surface area contributed by atoms with Crippen LogP contribution in [0, 0.1) is 0 Å². The SMILES string of the molecule is CCCN(CCC)C(=O)c1ccc(N(c2ccccc2)C2C[C@H]3CC[C@@H](C2)N3)cc1. The average molecular weight is 406 g/mol. The van der Waals surface area contributed by atoms with E-state index in [1.807, 2.05) is 17.0 Å². The van der Waals surface area contributed by atoms with Crippen molar-refractivity contribution in [2.24, 2.45) is 0 Å². The molecule has 2 fully saturated rings. The Morgan fingerprint density at radius 1 is 0.867 bits per heavy atom. The van der Waals surface area contributed by atoms with Crippen molar-refractivity contribution < 1.29 is 4.79 Å². The van der Waals surface area contributed by atoms with Gasteiger partial charge in [0.25, 0.3) is 5.91 Å². The van der Waals surface area contributed by atoms with Crippen LogP contribution in [0.5, 0.6) is 0 Å². The zero-order chi connectivity index (χ0) is 20.9. The lowest BCUT2D eigenvalue weighted by molar-refractivity contribution is 0.0755. The molecule has 2 aromatic rings. The molecule has 3 atom stereocenters. The van der Waals surface area contributed by atoms with Gasteiger partial charge in [0.2, 0.25) is 0 Å². The van der Waals surface area contributed by atoms with Gasteiger partial charge in [0.1, 0.15) is 0 Å². The van der Waals surface area contributed by atoms with Crippen LogP contribution in [0.1, 0.15) is 62.7 Å². The van der Waals surface area contributed by atoms with Crippen molar-refractivity contribution in [2.45, 2.75) is 70.5 Å². The number of nitrogens with zero attached hydrogens (tertiary/aromatic N) is 2. The fourth-order valence-corrected chi connectivity index (χ4v) is 5.20. The van der Waals surface area contributed by atoms with Crippen LogP contribution in [0.3, 0.4) is 0 Å². The van der Waals surface area contributed by atoms with Crippen LogP contribution in [0.4, 0.5) is 11.4 Å². The smallest absolute Gasteiger partial charge is 0.253 e. The minimum absolute atomic E-state index is 0.149. The van der Waals surface area contributed by atoms with E-state index in [-0.39, 0.29) is 5.91 Å². The number of hydrogen-bond donors (Lipinski definition) is 1. The molecule has 160 valence electrons. The molecule has 2 aliphatic heterocycles. The highest BCUT2D eigenvalue weighted by Gasteiger charge is 2.36. The Bertz CT molecular complexity index is 802. The molecule has 2 aromatic carbocycles. The van der Waals surface area contributed by atoms with Crippen LogP contribution in [-0.4, -0.2) is 42.0 Å². The number of rotatable bonds is 8. The van der Waals surface area contributed by atoms with Crippen LogP contribution in [0.15, 0.2) is 54.6 Å². The second-order valence-electron chi connectivity index (χ2n) is 8.81. The predicted octanol–water partition coefficient (Wildman–Crippen LogP) is 5.37. The van der Waals surface area contributed by atoms with Crippen molar-refractivity contribution in [1.29, 1.82) is 0 Å². The van der Waals surface area contributed by atoms with Gasteiger partial charge in [0.15, 0.2) is 0 Å². The first-order chi connectivity index (χ1) is 14.7. The normalized spacial score (nSPS) is 22.7. The highest BCUT2D eigenvalue weighted by molar-refractivity contribution is 5.94. The van der Waals surface area contributed by atoms with E-state index in [0.717, 1.165) is 31.5 Å². The number of benzene rings is 2. The molecule has 2 saturated heterocycles. The number of fused-ring (bicyclic) bond motifs is 2. The van der Waals surface area contributed by atoms with E-state index in [2.05, 4.69) is 66.5 Å². The summed E-state index contributed by atoms with van der Waals surface area (Å²) < 4.78 is 0. The fourth-order valence-electron chi connectivity index (χ4n) is 5.20. The summed E-state index contributed by atoms with van der Waals surface area (Å²) >= 11 is 0. The van der Waals surface area contributed by atoms with Crippen LogP contribution < -0.4 is 10.2 Å². The molecule has 0 aromatic heterocycles. The van der Waals surface area contributed by atoms with Gasteiger partial charge in [-0.3, -0.25) is 4.79 Å². The third-order valence-electron chi connectivity index (χ3n) is 6.51. The third-order valence-corrected chi connectivity index (χ3v) is 6.51. The van der Waals surface area contributed by atoms with E-state index in [4.69, 9.17) is 0 Å². The number of carbonyl (C=O) groups is 1. The minimum Gasteiger partial charge on any atom is -0.339 e. The van der Waals surface area contributed by atoms with Crippen LogP contribution in [0.25, 0.3) is 0 Å². The lowest BCUT2D eigenvalue weighted by atomic mass is 9.96. The Morgan fingerprint density at radius 3 is 2.00 bits per heavy atom. The first kappa shape index (κ1) is 20.9. The summed E-state index contributed by atoms with van der Waals surface area (Å²) in [5, 5.41) is 3.76. The van der Waals surface area contributed by atoms with Crippen molar-refractivity contribution in [3.8, 4) is 0 Å². The van der Waals surface area contributed by atoms with Gasteiger partial charge in [-0.05, 0) is 74.9 Å². The molecule has 2 bridgehead atoms. The summed E-state index contributed by atoms with van der Waals surface area (Å²) in [6.07, 6.45) is 6.91. The Kier molecular flexibility index (Phi) is 6.73. The number of nitrogens with one attached hydrogen (secondary N) is 1. The van der Waals surface area contributed by atoms with Gasteiger partial charge in [0, 0.05) is 48.2 Å². The first-order valence-electron chi connectivity index (χ1n) is 11.7. The molecule has 2 aliphatic rings. The van der Waals surface area contributed by atoms with E-state index in [1.165, 1.54) is 37.1 Å². The van der Waals surface area contributed by atoms with Crippen molar-refractivity contribution in [3.05, 3.63) is 60.2 Å². The van der Waals surface area contributed by atoms with E-state index in [9.17, 15) is 4.79 Å².